The number of nitrogens with zero attached hydrogens (tertiary/aromatic N) is 1. The van der Waals surface area contributed by atoms with Crippen LogP contribution in [0.5, 0.6) is 5.75 Å². The van der Waals surface area contributed by atoms with Crippen LogP contribution in [0.3, 0.4) is 0 Å². The number of hydrogen-bond acceptors (Lipinski definition) is 5. The van der Waals surface area contributed by atoms with Crippen LogP contribution >= 0.6 is 0 Å². The lowest BCUT2D eigenvalue weighted by molar-refractivity contribution is 0.102. The molecule has 6 nitrogen and oxygen atoms in total. The molecule has 20 heavy (non-hydrogen) atoms. The van der Waals surface area contributed by atoms with E-state index >= 15 is 0 Å². The minimum absolute atomic E-state index is 0.286. The molecule has 1 heterocycles. The van der Waals surface area contributed by atoms with Gasteiger partial charge in [0.2, 0.25) is 10.0 Å². The maximum Gasteiger partial charge on any atom is 0.243 e. The van der Waals surface area contributed by atoms with Gasteiger partial charge in [0.05, 0.1) is 4.90 Å². The zero-order chi connectivity index (χ0) is 14.4. The number of rotatable bonds is 6. The number of piperidine rings is 1. The lowest BCUT2D eigenvalue weighted by atomic mass is 10.2. The van der Waals surface area contributed by atoms with E-state index in [1.807, 2.05) is 0 Å². The molecule has 0 radical (unpaired) electrons. The van der Waals surface area contributed by atoms with Crippen LogP contribution in [-0.2, 0) is 14.9 Å². The fourth-order valence-electron chi connectivity index (χ4n) is 2.17. The molecule has 1 aliphatic heterocycles. The Bertz CT molecular complexity index is 510. The third-order valence-electron chi connectivity index (χ3n) is 3.25. The predicted molar refractivity (Wildman–Crippen MR) is 74.7 cm³/mol. The van der Waals surface area contributed by atoms with Crippen LogP contribution in [0.15, 0.2) is 29.2 Å². The minimum atomic E-state index is -3.37. The normalized spacial score (nSPS) is 17.1. The Hall–Kier alpha value is -1.15. The molecule has 1 aromatic rings. The van der Waals surface area contributed by atoms with Gasteiger partial charge in [0, 0.05) is 13.1 Å². The zero-order valence-corrected chi connectivity index (χ0v) is 12.1. The van der Waals surface area contributed by atoms with Gasteiger partial charge in [0.25, 0.3) is 0 Å². The van der Waals surface area contributed by atoms with Crippen molar-refractivity contribution in [3.8, 4) is 5.75 Å². The molecule has 0 saturated carbocycles. The summed E-state index contributed by atoms with van der Waals surface area (Å²) in [6.45, 7) is 1.82. The first kappa shape index (κ1) is 15.2. The summed E-state index contributed by atoms with van der Waals surface area (Å²) in [6.07, 6.45) is 2.96. The summed E-state index contributed by atoms with van der Waals surface area (Å²) in [7, 11) is -3.37. The topological polar surface area (TPSA) is 81.9 Å². The highest BCUT2D eigenvalue weighted by atomic mass is 32.2. The fourth-order valence-corrected chi connectivity index (χ4v) is 3.69. The van der Waals surface area contributed by atoms with Crippen molar-refractivity contribution < 1.29 is 18.0 Å². The largest absolute Gasteiger partial charge is 0.491 e. The van der Waals surface area contributed by atoms with Gasteiger partial charge in [-0.05, 0) is 37.1 Å². The van der Waals surface area contributed by atoms with Gasteiger partial charge < -0.3 is 9.57 Å². The van der Waals surface area contributed by atoms with Crippen molar-refractivity contribution in [2.45, 2.75) is 24.2 Å². The van der Waals surface area contributed by atoms with Crippen molar-refractivity contribution in [2.75, 3.05) is 26.3 Å². The molecular weight excluding hydrogens is 280 g/mol. The van der Waals surface area contributed by atoms with Crippen molar-refractivity contribution in [3.63, 3.8) is 0 Å². The number of nitrogens with two attached hydrogens (primary N) is 1. The third kappa shape index (κ3) is 3.69. The van der Waals surface area contributed by atoms with Crippen LogP contribution in [0.2, 0.25) is 0 Å². The van der Waals surface area contributed by atoms with E-state index in [1.165, 1.54) is 0 Å². The molecule has 1 aromatic carbocycles. The summed E-state index contributed by atoms with van der Waals surface area (Å²) in [5, 5.41) is 0. The Morgan fingerprint density at radius 3 is 2.30 bits per heavy atom. The Balaban J connectivity index is 2.04. The van der Waals surface area contributed by atoms with Gasteiger partial charge in [-0.1, -0.05) is 6.42 Å². The van der Waals surface area contributed by atoms with E-state index in [2.05, 4.69) is 4.84 Å². The Labute approximate surface area is 119 Å². The second kappa shape index (κ2) is 7.03. The summed E-state index contributed by atoms with van der Waals surface area (Å²) in [6, 6.07) is 6.44. The number of sulfonamides is 1. The second-order valence-electron chi connectivity index (χ2n) is 4.66. The molecule has 0 spiro atoms. The lowest BCUT2D eigenvalue weighted by Crippen LogP contribution is -2.35. The number of benzene rings is 1. The quantitative estimate of drug-likeness (QED) is 0.629. The highest BCUT2D eigenvalue weighted by Gasteiger charge is 2.25. The zero-order valence-electron chi connectivity index (χ0n) is 11.3. The highest BCUT2D eigenvalue weighted by molar-refractivity contribution is 7.89. The summed E-state index contributed by atoms with van der Waals surface area (Å²) in [5.41, 5.74) is 0. The highest BCUT2D eigenvalue weighted by Crippen LogP contribution is 2.22. The molecule has 112 valence electrons. The summed E-state index contributed by atoms with van der Waals surface area (Å²) < 4.78 is 31.7. The molecule has 1 fully saturated rings. The van der Waals surface area contributed by atoms with Gasteiger partial charge in [-0.3, -0.25) is 0 Å². The standard InChI is InChI=1S/C13H20N2O4S/c14-19-11-10-18-12-4-6-13(7-5-12)20(16,17)15-8-2-1-3-9-15/h4-7H,1-3,8-11,14H2. The molecule has 1 saturated heterocycles. The molecule has 2 N–H and O–H groups in total. The molecule has 0 aromatic heterocycles. The first-order valence-corrected chi connectivity index (χ1v) is 8.13. The fraction of sp³-hybridized carbons (Fsp3) is 0.538. The molecule has 0 amide bonds. The maximum atomic E-state index is 12.4. The van der Waals surface area contributed by atoms with E-state index in [1.54, 1.807) is 28.6 Å². The molecule has 0 aliphatic carbocycles. The number of hydrogen-bond donors (Lipinski definition) is 1. The summed E-state index contributed by atoms with van der Waals surface area (Å²) in [5.74, 6) is 5.49. The Kier molecular flexibility index (Phi) is 5.36. The first-order valence-electron chi connectivity index (χ1n) is 6.69. The van der Waals surface area contributed by atoms with E-state index in [9.17, 15) is 8.42 Å². The van der Waals surface area contributed by atoms with Gasteiger partial charge in [0.15, 0.2) is 0 Å². The lowest BCUT2D eigenvalue weighted by Gasteiger charge is -2.25. The van der Waals surface area contributed by atoms with Crippen LogP contribution in [0.25, 0.3) is 0 Å². The van der Waals surface area contributed by atoms with Crippen LogP contribution in [0.1, 0.15) is 19.3 Å². The van der Waals surface area contributed by atoms with Crippen molar-refractivity contribution in [1.82, 2.24) is 4.31 Å². The van der Waals surface area contributed by atoms with Crippen molar-refractivity contribution in [1.29, 1.82) is 0 Å². The molecule has 0 bridgehead atoms. The van der Waals surface area contributed by atoms with Crippen molar-refractivity contribution in [2.24, 2.45) is 5.90 Å². The van der Waals surface area contributed by atoms with Crippen molar-refractivity contribution in [3.05, 3.63) is 24.3 Å². The molecule has 0 unspecified atom stereocenters. The maximum absolute atomic E-state index is 12.4. The Morgan fingerprint density at radius 2 is 1.70 bits per heavy atom. The molecule has 1 aliphatic rings. The summed E-state index contributed by atoms with van der Waals surface area (Å²) in [4.78, 5) is 4.70. The second-order valence-corrected chi connectivity index (χ2v) is 6.59. The average molecular weight is 300 g/mol. The molecule has 7 heteroatoms. The van der Waals surface area contributed by atoms with Gasteiger partial charge in [-0.2, -0.15) is 4.31 Å². The molecule has 0 atom stereocenters. The summed E-state index contributed by atoms with van der Waals surface area (Å²) >= 11 is 0. The number of ether oxygens (including phenoxy) is 1. The van der Waals surface area contributed by atoms with E-state index in [0.29, 0.717) is 30.3 Å². The monoisotopic (exact) mass is 300 g/mol. The predicted octanol–water partition coefficient (Wildman–Crippen LogP) is 1.13. The van der Waals surface area contributed by atoms with Gasteiger partial charge in [-0.25, -0.2) is 14.3 Å². The SMILES string of the molecule is NOCCOc1ccc(S(=O)(=O)N2CCCCC2)cc1. The van der Waals surface area contributed by atoms with Gasteiger partial charge in [-0.15, -0.1) is 0 Å². The van der Waals surface area contributed by atoms with Crippen LogP contribution in [0.4, 0.5) is 0 Å². The minimum Gasteiger partial charge on any atom is -0.491 e. The van der Waals surface area contributed by atoms with E-state index in [4.69, 9.17) is 10.6 Å². The van der Waals surface area contributed by atoms with Crippen LogP contribution in [0, 0.1) is 0 Å². The van der Waals surface area contributed by atoms with Gasteiger partial charge >= 0.3 is 0 Å². The molecular formula is C13H20N2O4S. The van der Waals surface area contributed by atoms with Crippen LogP contribution < -0.4 is 10.6 Å². The first-order chi connectivity index (χ1) is 9.64. The average Bonchev–Trinajstić information content (AvgIpc) is 2.49. The van der Waals surface area contributed by atoms with Crippen LogP contribution in [-0.4, -0.2) is 39.0 Å². The van der Waals surface area contributed by atoms with Crippen molar-refractivity contribution >= 4 is 10.0 Å². The smallest absolute Gasteiger partial charge is 0.243 e. The molecule has 2 rings (SSSR count). The van der Waals surface area contributed by atoms with E-state index < -0.39 is 10.0 Å². The van der Waals surface area contributed by atoms with Gasteiger partial charge in [0.1, 0.15) is 19.0 Å². The van der Waals surface area contributed by atoms with E-state index in [0.717, 1.165) is 19.3 Å². The third-order valence-corrected chi connectivity index (χ3v) is 5.16. The van der Waals surface area contributed by atoms with E-state index in [-0.39, 0.29) is 6.61 Å². The Morgan fingerprint density at radius 1 is 1.05 bits per heavy atom.